The van der Waals surface area contributed by atoms with Crippen molar-refractivity contribution in [2.24, 2.45) is 0 Å². The number of likely N-dealkylation sites (N-methyl/N-ethyl adjacent to an activating group) is 1. The predicted molar refractivity (Wildman–Crippen MR) is 124 cm³/mol. The van der Waals surface area contributed by atoms with E-state index >= 15 is 0 Å². The van der Waals surface area contributed by atoms with Gasteiger partial charge in [-0.05, 0) is 57.5 Å². The molecule has 0 spiro atoms. The van der Waals surface area contributed by atoms with Gasteiger partial charge in [-0.25, -0.2) is 0 Å². The molecule has 1 N–H and O–H groups in total. The van der Waals surface area contributed by atoms with Crippen LogP contribution < -0.4 is 9.80 Å². The topological polar surface area (TPSA) is 7.68 Å². The number of hydrogen-bond acceptors (Lipinski definition) is 1. The molecule has 0 aliphatic carbocycles. The van der Waals surface area contributed by atoms with E-state index in [2.05, 4.69) is 120 Å². The second-order valence-corrected chi connectivity index (χ2v) is 9.97. The number of rotatable bonds is 3. The van der Waals surface area contributed by atoms with Crippen LogP contribution in [-0.2, 0) is 10.8 Å². The van der Waals surface area contributed by atoms with Gasteiger partial charge in [-0.3, -0.25) is 4.90 Å². The average Bonchev–Trinajstić information content (AvgIpc) is 3.02. The molecule has 0 fully saturated rings. The number of hydrogen-bond donors (Lipinski definition) is 1. The highest BCUT2D eigenvalue weighted by Crippen LogP contribution is 2.48. The fourth-order valence-electron chi connectivity index (χ4n) is 5.53. The summed E-state index contributed by atoms with van der Waals surface area (Å²) in [4.78, 5) is 3.99. The highest BCUT2D eigenvalue weighted by molar-refractivity contribution is 5.71. The van der Waals surface area contributed by atoms with Crippen molar-refractivity contribution in [1.29, 1.82) is 0 Å². The van der Waals surface area contributed by atoms with Crippen LogP contribution in [0, 0.1) is 0 Å². The Hall–Kier alpha value is -2.32. The van der Waals surface area contributed by atoms with Gasteiger partial charge >= 0.3 is 0 Å². The number of nitrogens with zero attached hydrogens (tertiary/aromatic N) is 1. The summed E-state index contributed by atoms with van der Waals surface area (Å²) in [5.41, 5.74) is 7.19. The molecule has 2 aliphatic heterocycles. The lowest BCUT2D eigenvalue weighted by molar-refractivity contribution is -0.828. The Labute approximate surface area is 176 Å². The first-order chi connectivity index (χ1) is 13.7. The third-order valence-corrected chi connectivity index (χ3v) is 7.10. The lowest BCUT2D eigenvalue weighted by Crippen LogP contribution is -3.07. The number of fused-ring (bicyclic) bond motifs is 2. The molecule has 2 aromatic rings. The van der Waals surface area contributed by atoms with Crippen molar-refractivity contribution in [2.75, 3.05) is 11.9 Å². The van der Waals surface area contributed by atoms with Gasteiger partial charge < -0.3 is 4.90 Å². The minimum absolute atomic E-state index is 0.0120. The maximum atomic E-state index is 2.50. The lowest BCUT2D eigenvalue weighted by atomic mass is 9.80. The van der Waals surface area contributed by atoms with Crippen LogP contribution in [0.5, 0.6) is 0 Å². The largest absolute Gasteiger partial charge is 0.341 e. The van der Waals surface area contributed by atoms with E-state index in [-0.39, 0.29) is 10.8 Å². The summed E-state index contributed by atoms with van der Waals surface area (Å²) >= 11 is 0. The molecule has 2 atom stereocenters. The van der Waals surface area contributed by atoms with E-state index in [0.717, 1.165) is 0 Å². The number of para-hydroxylation sites is 2. The van der Waals surface area contributed by atoms with Crippen LogP contribution in [0.15, 0.2) is 72.5 Å². The fraction of sp³-hybridized carbons (Fsp3) is 0.407. The molecule has 0 saturated heterocycles. The van der Waals surface area contributed by atoms with Gasteiger partial charge in [0.2, 0.25) is 0 Å². The Morgan fingerprint density at radius 3 is 2.21 bits per heavy atom. The van der Waals surface area contributed by atoms with Crippen molar-refractivity contribution in [3.63, 3.8) is 0 Å². The van der Waals surface area contributed by atoms with Crippen molar-refractivity contribution in [1.82, 2.24) is 0 Å². The summed E-state index contributed by atoms with van der Waals surface area (Å²) in [6.45, 7) is 14.0. The number of quaternary nitrogens is 1. The first-order valence-corrected chi connectivity index (χ1v) is 10.9. The average molecular weight is 388 g/mol. The van der Waals surface area contributed by atoms with Crippen LogP contribution in [0.1, 0.15) is 52.7 Å². The molecule has 0 amide bonds. The summed E-state index contributed by atoms with van der Waals surface area (Å²) in [5.74, 6) is 0. The SMILES string of the molecule is CC(C)N1/C(=C\C=C\C2[NH+](C)c3ccccc3C2(C)C)C(C)(C)c2ccccc21. The number of allylic oxidation sites excluding steroid dienone is 3. The Morgan fingerprint density at radius 1 is 0.931 bits per heavy atom. The van der Waals surface area contributed by atoms with Crippen LogP contribution in [0.25, 0.3) is 0 Å². The third-order valence-electron chi connectivity index (χ3n) is 7.10. The molecule has 152 valence electrons. The zero-order valence-electron chi connectivity index (χ0n) is 19.0. The van der Waals surface area contributed by atoms with Gasteiger partial charge in [0.15, 0.2) is 0 Å². The van der Waals surface area contributed by atoms with Gasteiger partial charge in [0, 0.05) is 28.4 Å². The molecule has 2 nitrogen and oxygen atoms in total. The van der Waals surface area contributed by atoms with Gasteiger partial charge in [-0.1, -0.05) is 56.3 Å². The van der Waals surface area contributed by atoms with Crippen LogP contribution >= 0.6 is 0 Å². The molecule has 29 heavy (non-hydrogen) atoms. The molecule has 4 rings (SSSR count). The second-order valence-electron chi connectivity index (χ2n) is 9.97. The van der Waals surface area contributed by atoms with Gasteiger partial charge in [0.25, 0.3) is 0 Å². The van der Waals surface area contributed by atoms with E-state index in [9.17, 15) is 0 Å². The summed E-state index contributed by atoms with van der Waals surface area (Å²) in [5, 5.41) is 0. The Kier molecular flexibility index (Phi) is 4.74. The van der Waals surface area contributed by atoms with Crippen molar-refractivity contribution in [3.05, 3.63) is 83.6 Å². The van der Waals surface area contributed by atoms with Crippen molar-refractivity contribution in [3.8, 4) is 0 Å². The van der Waals surface area contributed by atoms with Crippen LogP contribution in [0.4, 0.5) is 11.4 Å². The molecule has 2 aromatic carbocycles. The Balaban J connectivity index is 1.70. The van der Waals surface area contributed by atoms with Gasteiger partial charge in [-0.2, -0.15) is 0 Å². The van der Waals surface area contributed by atoms with Crippen LogP contribution in [0.3, 0.4) is 0 Å². The van der Waals surface area contributed by atoms with E-state index in [1.807, 2.05) is 0 Å². The van der Waals surface area contributed by atoms with Gasteiger partial charge in [0.05, 0.1) is 12.5 Å². The van der Waals surface area contributed by atoms with Gasteiger partial charge in [0.1, 0.15) is 11.7 Å². The Morgan fingerprint density at radius 2 is 1.55 bits per heavy atom. The summed E-state index contributed by atoms with van der Waals surface area (Å²) in [6.07, 6.45) is 7.08. The molecule has 2 heteroatoms. The van der Waals surface area contributed by atoms with Crippen molar-refractivity contribution >= 4 is 11.4 Å². The Bertz CT molecular complexity index is 978. The van der Waals surface area contributed by atoms with E-state index in [1.54, 1.807) is 0 Å². The van der Waals surface area contributed by atoms with Crippen molar-refractivity contribution < 1.29 is 4.90 Å². The third kappa shape index (κ3) is 2.97. The molecular formula is C27H35N2+. The first kappa shape index (κ1) is 20.0. The lowest BCUT2D eigenvalue weighted by Gasteiger charge is -2.30. The summed E-state index contributed by atoms with van der Waals surface area (Å²) in [7, 11) is 2.30. The highest BCUT2D eigenvalue weighted by atomic mass is 15.2. The summed E-state index contributed by atoms with van der Waals surface area (Å²) < 4.78 is 0. The molecule has 2 aliphatic rings. The van der Waals surface area contributed by atoms with Crippen LogP contribution in [-0.4, -0.2) is 19.1 Å². The molecule has 0 bridgehead atoms. The first-order valence-electron chi connectivity index (χ1n) is 10.9. The quantitative estimate of drug-likeness (QED) is 0.766. The van der Waals surface area contributed by atoms with E-state index in [0.29, 0.717) is 12.1 Å². The molecular weight excluding hydrogens is 352 g/mol. The molecule has 2 unspecified atom stereocenters. The molecule has 0 saturated carbocycles. The number of benzene rings is 2. The van der Waals surface area contributed by atoms with E-state index in [1.165, 1.54) is 33.1 Å². The van der Waals surface area contributed by atoms with E-state index in [4.69, 9.17) is 0 Å². The van der Waals surface area contributed by atoms with Gasteiger partial charge in [-0.15, -0.1) is 0 Å². The zero-order chi connectivity index (χ0) is 21.0. The standard InChI is InChI=1S/C27H34N2/c1-19(2)29-23-16-11-9-14-21(23)27(5,6)25(29)18-12-17-24-26(3,4)20-13-8-10-15-22(20)28(24)7/h8-19,24H,1-7H3/p+1/b17-12+,25-18-. The van der Waals surface area contributed by atoms with Crippen molar-refractivity contribution in [2.45, 2.75) is 64.5 Å². The fourth-order valence-corrected chi connectivity index (χ4v) is 5.53. The minimum Gasteiger partial charge on any atom is -0.341 e. The maximum Gasteiger partial charge on any atom is 0.135 e. The maximum absolute atomic E-state index is 2.50. The molecule has 2 heterocycles. The van der Waals surface area contributed by atoms with E-state index < -0.39 is 0 Å². The summed E-state index contributed by atoms with van der Waals surface area (Å²) in [6, 6.07) is 18.6. The smallest absolute Gasteiger partial charge is 0.135 e. The molecule has 0 aromatic heterocycles. The zero-order valence-corrected chi connectivity index (χ0v) is 19.0. The number of nitrogens with one attached hydrogen (secondary N) is 1. The highest BCUT2D eigenvalue weighted by Gasteiger charge is 2.46. The van der Waals surface area contributed by atoms with Crippen LogP contribution in [0.2, 0.25) is 0 Å². The number of anilines is 1. The molecule has 0 radical (unpaired) electrons. The normalized spacial score (nSPS) is 25.8. The second kappa shape index (κ2) is 6.88. The minimum atomic E-state index is 0.0120. The predicted octanol–water partition coefficient (Wildman–Crippen LogP) is 5.14. The monoisotopic (exact) mass is 387 g/mol.